The van der Waals surface area contributed by atoms with Gasteiger partial charge in [0, 0.05) is 11.1 Å². The third-order valence-electron chi connectivity index (χ3n) is 4.60. The van der Waals surface area contributed by atoms with Gasteiger partial charge < -0.3 is 0 Å². The third kappa shape index (κ3) is 3.10. The molecule has 2 heterocycles. The molecule has 5 aromatic rings. The molecule has 0 fully saturated rings. The first kappa shape index (κ1) is 16.8. The third-order valence-corrected chi connectivity index (χ3v) is 6.17. The lowest BCUT2D eigenvalue weighted by atomic mass is 9.92. The minimum atomic E-state index is 1.07. The topological polar surface area (TPSA) is 0 Å². The van der Waals surface area contributed by atoms with E-state index in [4.69, 9.17) is 0 Å². The van der Waals surface area contributed by atoms with Crippen LogP contribution in [0.4, 0.5) is 0 Å². The van der Waals surface area contributed by atoms with Gasteiger partial charge in [0.1, 0.15) is 0 Å². The van der Waals surface area contributed by atoms with E-state index in [2.05, 4.69) is 95.1 Å². The van der Waals surface area contributed by atoms with Crippen LogP contribution in [0.15, 0.2) is 83.6 Å². The molecule has 0 radical (unpaired) electrons. The molecule has 0 unspecified atom stereocenters. The molecule has 0 spiro atoms. The SMILES string of the molecule is C(#Cc1c2ccccc2c(C#Cc2cccs2)c2ccccc12)c1cccs1. The molecule has 3 aromatic carbocycles. The summed E-state index contributed by atoms with van der Waals surface area (Å²) >= 11 is 3.34. The number of hydrogen-bond acceptors (Lipinski definition) is 2. The quantitative estimate of drug-likeness (QED) is 0.199. The molecule has 0 atom stereocenters. The molecule has 0 nitrogen and oxygen atoms in total. The van der Waals surface area contributed by atoms with Gasteiger partial charge >= 0.3 is 0 Å². The van der Waals surface area contributed by atoms with Crippen molar-refractivity contribution in [2.45, 2.75) is 0 Å². The van der Waals surface area contributed by atoms with Crippen LogP contribution in [0.3, 0.4) is 0 Å². The Kier molecular flexibility index (Phi) is 4.43. The second kappa shape index (κ2) is 7.37. The molecule has 0 aliphatic rings. The van der Waals surface area contributed by atoms with Crippen molar-refractivity contribution in [2.75, 3.05) is 0 Å². The van der Waals surface area contributed by atoms with Gasteiger partial charge in [-0.05, 0) is 44.4 Å². The molecule has 0 bridgehead atoms. The van der Waals surface area contributed by atoms with Crippen LogP contribution in [0, 0.1) is 23.7 Å². The monoisotopic (exact) mass is 390 g/mol. The first-order valence-corrected chi connectivity index (χ1v) is 10.7. The standard InChI is InChI=1S/C26H14S2/c1-2-10-22-21(9-1)25(15-13-19-7-5-17-27-19)23-11-3-4-12-24(23)26(22)16-14-20-8-6-18-28-20/h1-12,17-18H. The van der Waals surface area contributed by atoms with E-state index in [9.17, 15) is 0 Å². The summed E-state index contributed by atoms with van der Waals surface area (Å²) in [4.78, 5) is 2.16. The van der Waals surface area contributed by atoms with Crippen molar-refractivity contribution in [3.8, 4) is 23.7 Å². The first-order chi connectivity index (χ1) is 13.9. The fourth-order valence-corrected chi connectivity index (χ4v) is 4.49. The maximum atomic E-state index is 3.44. The van der Waals surface area contributed by atoms with Crippen molar-refractivity contribution >= 4 is 44.2 Å². The summed E-state index contributed by atoms with van der Waals surface area (Å²) in [6.07, 6.45) is 0. The molecule has 2 aromatic heterocycles. The molecule has 0 amide bonds. The van der Waals surface area contributed by atoms with Crippen LogP contribution in [-0.2, 0) is 0 Å². The highest BCUT2D eigenvalue weighted by atomic mass is 32.1. The Balaban J connectivity index is 1.83. The minimum absolute atomic E-state index is 1.07. The maximum Gasteiger partial charge on any atom is 0.0772 e. The van der Waals surface area contributed by atoms with E-state index in [0.717, 1.165) is 42.4 Å². The fourth-order valence-electron chi connectivity index (χ4n) is 3.35. The van der Waals surface area contributed by atoms with Crippen LogP contribution in [0.2, 0.25) is 0 Å². The molecule has 0 aliphatic heterocycles. The van der Waals surface area contributed by atoms with E-state index in [1.807, 2.05) is 12.1 Å². The number of benzene rings is 3. The summed E-state index contributed by atoms with van der Waals surface area (Å²) in [7, 11) is 0. The van der Waals surface area contributed by atoms with Crippen LogP contribution in [-0.4, -0.2) is 0 Å². The summed E-state index contributed by atoms with van der Waals surface area (Å²) in [5.74, 6) is 13.6. The number of thiophene rings is 2. The van der Waals surface area contributed by atoms with E-state index in [1.54, 1.807) is 22.7 Å². The van der Waals surface area contributed by atoms with Crippen molar-refractivity contribution in [1.29, 1.82) is 0 Å². The van der Waals surface area contributed by atoms with Crippen LogP contribution >= 0.6 is 22.7 Å². The Morgan fingerprint density at radius 2 is 0.821 bits per heavy atom. The number of rotatable bonds is 0. The zero-order valence-electron chi connectivity index (χ0n) is 14.9. The highest BCUT2D eigenvalue weighted by Crippen LogP contribution is 2.32. The normalized spacial score (nSPS) is 10.3. The van der Waals surface area contributed by atoms with Crippen LogP contribution < -0.4 is 0 Å². The smallest absolute Gasteiger partial charge is 0.0772 e. The van der Waals surface area contributed by atoms with Gasteiger partial charge in [-0.2, -0.15) is 0 Å². The van der Waals surface area contributed by atoms with E-state index in [0.29, 0.717) is 0 Å². The molecule has 2 heteroatoms. The fraction of sp³-hybridized carbons (Fsp3) is 0. The molecule has 28 heavy (non-hydrogen) atoms. The second-order valence-corrected chi connectivity index (χ2v) is 8.19. The highest BCUT2D eigenvalue weighted by molar-refractivity contribution is 7.10. The van der Waals surface area contributed by atoms with Crippen molar-refractivity contribution in [3.63, 3.8) is 0 Å². The van der Waals surface area contributed by atoms with Gasteiger partial charge in [-0.1, -0.05) is 84.3 Å². The van der Waals surface area contributed by atoms with E-state index in [-0.39, 0.29) is 0 Å². The Bertz CT molecular complexity index is 1230. The minimum Gasteiger partial charge on any atom is -0.135 e. The van der Waals surface area contributed by atoms with E-state index < -0.39 is 0 Å². The second-order valence-electron chi connectivity index (χ2n) is 6.30. The predicted octanol–water partition coefficient (Wildman–Crippen LogP) is 6.92. The van der Waals surface area contributed by atoms with Gasteiger partial charge in [0.2, 0.25) is 0 Å². The predicted molar refractivity (Wildman–Crippen MR) is 122 cm³/mol. The van der Waals surface area contributed by atoms with E-state index >= 15 is 0 Å². The summed E-state index contributed by atoms with van der Waals surface area (Å²) in [5.41, 5.74) is 2.14. The Morgan fingerprint density at radius 3 is 1.14 bits per heavy atom. The largest absolute Gasteiger partial charge is 0.135 e. The Hall–Kier alpha value is -3.30. The van der Waals surface area contributed by atoms with Gasteiger partial charge in [-0.3, -0.25) is 0 Å². The Labute approximate surface area is 172 Å². The van der Waals surface area contributed by atoms with Crippen LogP contribution in [0.1, 0.15) is 20.9 Å². The number of fused-ring (bicyclic) bond motifs is 2. The van der Waals surface area contributed by atoms with Crippen molar-refractivity contribution in [2.24, 2.45) is 0 Å². The van der Waals surface area contributed by atoms with E-state index in [1.165, 1.54) is 0 Å². The summed E-state index contributed by atoms with van der Waals surface area (Å²) in [6.45, 7) is 0. The summed E-state index contributed by atoms with van der Waals surface area (Å²) in [6, 6.07) is 25.1. The molecule has 130 valence electrons. The molecule has 0 N–H and O–H groups in total. The van der Waals surface area contributed by atoms with Gasteiger partial charge in [0.15, 0.2) is 0 Å². The maximum absolute atomic E-state index is 3.44. The Morgan fingerprint density at radius 1 is 0.429 bits per heavy atom. The first-order valence-electron chi connectivity index (χ1n) is 8.95. The van der Waals surface area contributed by atoms with Crippen molar-refractivity contribution < 1.29 is 0 Å². The molecule has 0 saturated carbocycles. The average Bonchev–Trinajstić information content (AvgIpc) is 3.44. The zero-order chi connectivity index (χ0) is 18.8. The van der Waals surface area contributed by atoms with Gasteiger partial charge in [-0.15, -0.1) is 22.7 Å². The van der Waals surface area contributed by atoms with Crippen molar-refractivity contribution in [3.05, 3.63) is 104 Å². The summed E-state index contributed by atoms with van der Waals surface area (Å²) in [5, 5.41) is 8.73. The van der Waals surface area contributed by atoms with Crippen LogP contribution in [0.25, 0.3) is 21.5 Å². The summed E-state index contributed by atoms with van der Waals surface area (Å²) < 4.78 is 0. The van der Waals surface area contributed by atoms with Crippen molar-refractivity contribution in [1.82, 2.24) is 0 Å². The highest BCUT2D eigenvalue weighted by Gasteiger charge is 2.11. The molecular formula is C26H14S2. The lowest BCUT2D eigenvalue weighted by molar-refractivity contribution is 1.70. The van der Waals surface area contributed by atoms with Gasteiger partial charge in [0.05, 0.1) is 9.75 Å². The molecule has 5 rings (SSSR count). The van der Waals surface area contributed by atoms with Gasteiger partial charge in [0.25, 0.3) is 0 Å². The zero-order valence-corrected chi connectivity index (χ0v) is 16.5. The molecule has 0 aliphatic carbocycles. The lowest BCUT2D eigenvalue weighted by Crippen LogP contribution is -1.90. The number of hydrogen-bond donors (Lipinski definition) is 0. The van der Waals surface area contributed by atoms with Gasteiger partial charge in [-0.25, -0.2) is 0 Å². The average molecular weight is 391 g/mol. The van der Waals surface area contributed by atoms with Crippen LogP contribution in [0.5, 0.6) is 0 Å². The lowest BCUT2D eigenvalue weighted by Gasteiger charge is -2.10. The molecule has 0 saturated heterocycles. The molecular weight excluding hydrogens is 376 g/mol.